The van der Waals surface area contributed by atoms with Crippen LogP contribution in [0.4, 0.5) is 0 Å². The Balaban J connectivity index is 2.07. The Morgan fingerprint density at radius 2 is 2.10 bits per heavy atom. The molecule has 1 aromatic carbocycles. The van der Waals surface area contributed by atoms with E-state index in [0.717, 1.165) is 10.0 Å². The molecule has 0 aliphatic heterocycles. The summed E-state index contributed by atoms with van der Waals surface area (Å²) in [5.41, 5.74) is 3.73. The number of carbonyl (C=O) groups excluding carboxylic acids is 1. The molecular weight excluding hydrogens is 322 g/mol. The quantitative estimate of drug-likeness (QED) is 0.691. The number of hydrazone groups is 1. The fourth-order valence-corrected chi connectivity index (χ4v) is 1.87. The van der Waals surface area contributed by atoms with Gasteiger partial charge in [-0.3, -0.25) is 9.78 Å². The molecule has 0 saturated carbocycles. The molecule has 5 nitrogen and oxygen atoms in total. The minimum atomic E-state index is -0.334. The zero-order valence-electron chi connectivity index (χ0n) is 10.7. The van der Waals surface area contributed by atoms with E-state index in [1.54, 1.807) is 48.9 Å². The van der Waals surface area contributed by atoms with Gasteiger partial charge in [-0.05, 0) is 35.9 Å². The van der Waals surface area contributed by atoms with E-state index in [1.807, 2.05) is 0 Å². The van der Waals surface area contributed by atoms with Crippen LogP contribution in [-0.2, 0) is 0 Å². The standard InChI is InChI=1S/C14H12BrN3O2/c1-20-13-8-11(15)2-3-12(13)14(19)18-17-9-10-4-6-16-7-5-10/h2-9H,1H3,(H,18,19). The molecule has 0 unspecified atom stereocenters. The van der Waals surface area contributed by atoms with Gasteiger partial charge in [-0.25, -0.2) is 5.43 Å². The highest BCUT2D eigenvalue weighted by atomic mass is 79.9. The van der Waals surface area contributed by atoms with Gasteiger partial charge in [-0.1, -0.05) is 15.9 Å². The largest absolute Gasteiger partial charge is 0.496 e. The van der Waals surface area contributed by atoms with Crippen LogP contribution in [0, 0.1) is 0 Å². The summed E-state index contributed by atoms with van der Waals surface area (Å²) >= 11 is 3.32. The first-order valence-electron chi connectivity index (χ1n) is 5.77. The van der Waals surface area contributed by atoms with E-state index in [2.05, 4.69) is 31.4 Å². The number of pyridine rings is 1. The van der Waals surface area contributed by atoms with Crippen molar-refractivity contribution < 1.29 is 9.53 Å². The summed E-state index contributed by atoms with van der Waals surface area (Å²) in [6.45, 7) is 0. The lowest BCUT2D eigenvalue weighted by Crippen LogP contribution is -2.18. The molecule has 1 amide bonds. The van der Waals surface area contributed by atoms with E-state index < -0.39 is 0 Å². The van der Waals surface area contributed by atoms with Gasteiger partial charge in [0.15, 0.2) is 0 Å². The molecule has 1 heterocycles. The number of methoxy groups -OCH3 is 1. The summed E-state index contributed by atoms with van der Waals surface area (Å²) in [5.74, 6) is 0.149. The van der Waals surface area contributed by atoms with Gasteiger partial charge in [0.1, 0.15) is 5.75 Å². The lowest BCUT2D eigenvalue weighted by molar-refractivity contribution is 0.0952. The van der Waals surface area contributed by atoms with Crippen molar-refractivity contribution in [3.63, 3.8) is 0 Å². The zero-order chi connectivity index (χ0) is 14.4. The number of aromatic nitrogens is 1. The van der Waals surface area contributed by atoms with Crippen molar-refractivity contribution in [3.8, 4) is 5.75 Å². The number of ether oxygens (including phenoxy) is 1. The zero-order valence-corrected chi connectivity index (χ0v) is 12.3. The lowest BCUT2D eigenvalue weighted by atomic mass is 10.2. The van der Waals surface area contributed by atoms with Crippen LogP contribution in [0.2, 0.25) is 0 Å². The van der Waals surface area contributed by atoms with Crippen LogP contribution >= 0.6 is 15.9 Å². The Kier molecular flexibility index (Phi) is 4.84. The summed E-state index contributed by atoms with van der Waals surface area (Å²) in [5, 5.41) is 3.90. The van der Waals surface area contributed by atoms with Crippen molar-refractivity contribution in [2.24, 2.45) is 5.10 Å². The third-order valence-electron chi connectivity index (χ3n) is 2.49. The first-order valence-corrected chi connectivity index (χ1v) is 6.57. The molecule has 2 rings (SSSR count). The van der Waals surface area contributed by atoms with E-state index >= 15 is 0 Å². The number of hydrogen-bond acceptors (Lipinski definition) is 4. The summed E-state index contributed by atoms with van der Waals surface area (Å²) in [6.07, 6.45) is 4.85. The Morgan fingerprint density at radius 3 is 2.80 bits per heavy atom. The van der Waals surface area contributed by atoms with E-state index in [0.29, 0.717) is 11.3 Å². The molecule has 0 aliphatic carbocycles. The Morgan fingerprint density at radius 1 is 1.35 bits per heavy atom. The van der Waals surface area contributed by atoms with Gasteiger partial charge < -0.3 is 4.74 Å². The SMILES string of the molecule is COc1cc(Br)ccc1C(=O)NN=Cc1ccncc1. The number of hydrogen-bond donors (Lipinski definition) is 1. The van der Waals surface area contributed by atoms with Gasteiger partial charge >= 0.3 is 0 Å². The lowest BCUT2D eigenvalue weighted by Gasteiger charge is -2.07. The predicted molar refractivity (Wildman–Crippen MR) is 80.0 cm³/mol. The molecule has 20 heavy (non-hydrogen) atoms. The Hall–Kier alpha value is -2.21. The molecule has 2 aromatic rings. The maximum Gasteiger partial charge on any atom is 0.275 e. The minimum absolute atomic E-state index is 0.334. The maximum absolute atomic E-state index is 12.0. The van der Waals surface area contributed by atoms with Crippen LogP contribution < -0.4 is 10.2 Å². The molecule has 0 radical (unpaired) electrons. The molecule has 0 aliphatic rings. The second-order valence-corrected chi connectivity index (χ2v) is 4.74. The maximum atomic E-state index is 12.0. The van der Waals surface area contributed by atoms with Crippen LogP contribution in [0.3, 0.4) is 0 Å². The van der Waals surface area contributed by atoms with Gasteiger partial charge in [0.2, 0.25) is 0 Å². The number of halogens is 1. The van der Waals surface area contributed by atoms with E-state index in [-0.39, 0.29) is 5.91 Å². The van der Waals surface area contributed by atoms with E-state index in [9.17, 15) is 4.79 Å². The van der Waals surface area contributed by atoms with Crippen LogP contribution in [0.15, 0.2) is 52.3 Å². The average molecular weight is 334 g/mol. The summed E-state index contributed by atoms with van der Waals surface area (Å²) in [7, 11) is 1.51. The second kappa shape index (κ2) is 6.81. The molecular formula is C14H12BrN3O2. The average Bonchev–Trinajstić information content (AvgIpc) is 2.48. The first kappa shape index (κ1) is 14.2. The topological polar surface area (TPSA) is 63.6 Å². The third kappa shape index (κ3) is 3.64. The number of nitrogens with one attached hydrogen (secondary N) is 1. The van der Waals surface area contributed by atoms with Gasteiger partial charge in [0.05, 0.1) is 18.9 Å². The highest BCUT2D eigenvalue weighted by Crippen LogP contribution is 2.23. The summed E-state index contributed by atoms with van der Waals surface area (Å²) < 4.78 is 6.00. The smallest absolute Gasteiger partial charge is 0.275 e. The van der Waals surface area contributed by atoms with Crippen LogP contribution in [0.25, 0.3) is 0 Å². The molecule has 102 valence electrons. The normalized spacial score (nSPS) is 10.5. The molecule has 0 bridgehead atoms. The molecule has 0 saturated heterocycles. The fourth-order valence-electron chi connectivity index (χ4n) is 1.53. The van der Waals surface area contributed by atoms with E-state index in [4.69, 9.17) is 4.74 Å². The van der Waals surface area contributed by atoms with Crippen molar-refractivity contribution in [1.29, 1.82) is 0 Å². The molecule has 0 atom stereocenters. The number of amides is 1. The van der Waals surface area contributed by atoms with Crippen LogP contribution in [0.5, 0.6) is 5.75 Å². The number of carbonyl (C=O) groups is 1. The van der Waals surface area contributed by atoms with Gasteiger partial charge in [-0.2, -0.15) is 5.10 Å². The summed E-state index contributed by atoms with van der Waals surface area (Å²) in [4.78, 5) is 15.9. The van der Waals surface area contributed by atoms with Crippen molar-refractivity contribution in [1.82, 2.24) is 10.4 Å². The molecule has 1 N–H and O–H groups in total. The van der Waals surface area contributed by atoms with Crippen LogP contribution in [-0.4, -0.2) is 24.2 Å². The fraction of sp³-hybridized carbons (Fsp3) is 0.0714. The van der Waals surface area contributed by atoms with Crippen molar-refractivity contribution in [3.05, 3.63) is 58.3 Å². The molecule has 0 fully saturated rings. The Labute approximate surface area is 124 Å². The summed E-state index contributed by atoms with van der Waals surface area (Å²) in [6, 6.07) is 8.73. The number of benzene rings is 1. The van der Waals surface area contributed by atoms with Crippen molar-refractivity contribution in [2.75, 3.05) is 7.11 Å². The molecule has 1 aromatic heterocycles. The number of rotatable bonds is 4. The second-order valence-electron chi connectivity index (χ2n) is 3.82. The van der Waals surface area contributed by atoms with Gasteiger partial charge in [0, 0.05) is 16.9 Å². The highest BCUT2D eigenvalue weighted by molar-refractivity contribution is 9.10. The van der Waals surface area contributed by atoms with Crippen molar-refractivity contribution >= 4 is 28.1 Å². The van der Waals surface area contributed by atoms with Gasteiger partial charge in [0.25, 0.3) is 5.91 Å². The van der Waals surface area contributed by atoms with Gasteiger partial charge in [-0.15, -0.1) is 0 Å². The molecule has 6 heteroatoms. The minimum Gasteiger partial charge on any atom is -0.496 e. The van der Waals surface area contributed by atoms with Crippen LogP contribution in [0.1, 0.15) is 15.9 Å². The first-order chi connectivity index (χ1) is 9.70. The number of nitrogens with zero attached hydrogens (tertiary/aromatic N) is 2. The Bertz CT molecular complexity index is 630. The van der Waals surface area contributed by atoms with E-state index in [1.165, 1.54) is 7.11 Å². The highest BCUT2D eigenvalue weighted by Gasteiger charge is 2.11. The third-order valence-corrected chi connectivity index (χ3v) is 2.99. The molecule has 0 spiro atoms. The predicted octanol–water partition coefficient (Wildman–Crippen LogP) is 2.62. The monoisotopic (exact) mass is 333 g/mol. The van der Waals surface area contributed by atoms with Crippen molar-refractivity contribution in [2.45, 2.75) is 0 Å².